The van der Waals surface area contributed by atoms with Gasteiger partial charge in [-0.3, -0.25) is 0 Å². The van der Waals surface area contributed by atoms with Gasteiger partial charge in [0.25, 0.3) is 0 Å². The van der Waals surface area contributed by atoms with Gasteiger partial charge >= 0.3 is 5.63 Å². The van der Waals surface area contributed by atoms with Crippen LogP contribution in [-0.2, 0) is 6.73 Å². The summed E-state index contributed by atoms with van der Waals surface area (Å²) in [6.45, 7) is 3.33. The molecule has 2 rings (SSSR count). The molecule has 0 fully saturated rings. The molecule has 74 valence electrons. The molecule has 0 aliphatic rings. The molecule has 2 aromatic heterocycles. The molecule has 0 radical (unpaired) electrons. The van der Waals surface area contributed by atoms with Gasteiger partial charge in [0.1, 0.15) is 6.73 Å². The lowest BCUT2D eigenvalue weighted by molar-refractivity contribution is 0.194. The topological polar surface area (TPSA) is 68.3 Å². The van der Waals surface area contributed by atoms with E-state index in [-0.39, 0.29) is 6.73 Å². The molecule has 0 atom stereocenters. The summed E-state index contributed by atoms with van der Waals surface area (Å²) in [5.41, 5.74) is 1.46. The molecule has 0 aliphatic heterocycles. The summed E-state index contributed by atoms with van der Waals surface area (Å²) >= 11 is 0. The maximum atomic E-state index is 11.1. The fourth-order valence-corrected chi connectivity index (χ4v) is 1.59. The van der Waals surface area contributed by atoms with Gasteiger partial charge in [-0.25, -0.2) is 9.48 Å². The smallest absolute Gasteiger partial charge is 0.337 e. The van der Waals surface area contributed by atoms with Crippen LogP contribution >= 0.6 is 0 Å². The van der Waals surface area contributed by atoms with Crippen LogP contribution in [0, 0.1) is 13.8 Å². The molecular weight excluding hydrogens is 184 g/mol. The van der Waals surface area contributed by atoms with Gasteiger partial charge in [-0.2, -0.15) is 5.10 Å². The van der Waals surface area contributed by atoms with E-state index in [0.29, 0.717) is 5.71 Å². The van der Waals surface area contributed by atoms with Crippen molar-refractivity contribution >= 4 is 11.1 Å². The Morgan fingerprint density at radius 3 is 2.93 bits per heavy atom. The molecule has 0 aliphatic carbocycles. The zero-order valence-electron chi connectivity index (χ0n) is 7.94. The average Bonchev–Trinajstić information content (AvgIpc) is 2.42. The minimum absolute atomic E-state index is 0.295. The van der Waals surface area contributed by atoms with E-state index < -0.39 is 5.63 Å². The monoisotopic (exact) mass is 194 g/mol. The van der Waals surface area contributed by atoms with Gasteiger partial charge in [0, 0.05) is 6.07 Å². The molecule has 5 nitrogen and oxygen atoms in total. The average molecular weight is 194 g/mol. The van der Waals surface area contributed by atoms with Crippen molar-refractivity contribution < 1.29 is 9.52 Å². The van der Waals surface area contributed by atoms with Crippen molar-refractivity contribution in [3.05, 3.63) is 27.7 Å². The number of fused-ring (bicyclic) bond motifs is 1. The number of aliphatic hydroxyl groups is 1. The van der Waals surface area contributed by atoms with Gasteiger partial charge in [0.05, 0.1) is 11.1 Å². The second-order valence-corrected chi connectivity index (χ2v) is 3.15. The highest BCUT2D eigenvalue weighted by atomic mass is 16.4. The van der Waals surface area contributed by atoms with Crippen molar-refractivity contribution in [2.45, 2.75) is 20.6 Å². The number of hydrogen-bond donors (Lipinski definition) is 1. The van der Waals surface area contributed by atoms with Crippen molar-refractivity contribution in [2.24, 2.45) is 0 Å². The number of aromatic nitrogens is 2. The second kappa shape index (κ2) is 2.95. The predicted octanol–water partition coefficient (Wildman–Crippen LogP) is 0.556. The van der Waals surface area contributed by atoms with E-state index in [1.165, 1.54) is 10.7 Å². The van der Waals surface area contributed by atoms with Gasteiger partial charge in [-0.05, 0) is 19.4 Å². The molecular formula is C9H10N2O3. The molecule has 0 saturated heterocycles. The highest BCUT2D eigenvalue weighted by molar-refractivity contribution is 5.79. The first-order valence-corrected chi connectivity index (χ1v) is 4.22. The SMILES string of the molecule is Cc1cc(=O)oc2c1c(C)nn2CO. The van der Waals surface area contributed by atoms with E-state index in [0.717, 1.165) is 16.6 Å². The highest BCUT2D eigenvalue weighted by Gasteiger charge is 2.12. The molecule has 0 spiro atoms. The maximum Gasteiger partial charge on any atom is 0.337 e. The summed E-state index contributed by atoms with van der Waals surface area (Å²) < 4.78 is 6.23. The minimum atomic E-state index is -0.426. The predicted molar refractivity (Wildman–Crippen MR) is 50.0 cm³/mol. The van der Waals surface area contributed by atoms with Gasteiger partial charge in [0.15, 0.2) is 0 Å². The van der Waals surface area contributed by atoms with E-state index in [9.17, 15) is 4.79 Å². The third-order valence-corrected chi connectivity index (χ3v) is 2.14. The summed E-state index contributed by atoms with van der Waals surface area (Å²) in [5, 5.41) is 13.8. The Morgan fingerprint density at radius 1 is 1.57 bits per heavy atom. The first-order valence-electron chi connectivity index (χ1n) is 4.22. The lowest BCUT2D eigenvalue weighted by atomic mass is 10.2. The van der Waals surface area contributed by atoms with Gasteiger partial charge < -0.3 is 9.52 Å². The van der Waals surface area contributed by atoms with Crippen LogP contribution in [0.3, 0.4) is 0 Å². The summed E-state index contributed by atoms with van der Waals surface area (Å²) in [4.78, 5) is 11.1. The molecule has 0 aromatic carbocycles. The van der Waals surface area contributed by atoms with Crippen LogP contribution < -0.4 is 5.63 Å². The van der Waals surface area contributed by atoms with Crippen molar-refractivity contribution in [3.63, 3.8) is 0 Å². The summed E-state index contributed by atoms with van der Waals surface area (Å²) in [6, 6.07) is 1.42. The Balaban J connectivity index is 2.96. The molecule has 1 N–H and O–H groups in total. The Bertz CT molecular complexity index is 539. The van der Waals surface area contributed by atoms with Crippen LogP contribution in [0.5, 0.6) is 0 Å². The largest absolute Gasteiger partial charge is 0.404 e. The number of aliphatic hydroxyl groups excluding tert-OH is 1. The second-order valence-electron chi connectivity index (χ2n) is 3.15. The van der Waals surface area contributed by atoms with E-state index in [1.807, 2.05) is 13.8 Å². The molecule has 2 aromatic rings. The molecule has 0 amide bonds. The Hall–Kier alpha value is -1.62. The standard InChI is InChI=1S/C9H10N2O3/c1-5-3-7(13)14-9-8(5)6(2)10-11(9)4-12/h3,12H,4H2,1-2H3. The highest BCUT2D eigenvalue weighted by Crippen LogP contribution is 2.19. The molecule has 2 heterocycles. The Kier molecular flexibility index (Phi) is 1.89. The quantitative estimate of drug-likeness (QED) is 0.720. The number of rotatable bonds is 1. The third kappa shape index (κ3) is 1.13. The van der Waals surface area contributed by atoms with Crippen molar-refractivity contribution in [3.8, 4) is 0 Å². The molecule has 0 bridgehead atoms. The lowest BCUT2D eigenvalue weighted by Gasteiger charge is -1.96. The number of nitrogens with zero attached hydrogens (tertiary/aromatic N) is 2. The normalized spacial score (nSPS) is 11.1. The summed E-state index contributed by atoms with van der Waals surface area (Å²) in [6.07, 6.45) is 0. The minimum Gasteiger partial charge on any atom is -0.404 e. The first kappa shape index (κ1) is 8.96. The van der Waals surface area contributed by atoms with Crippen molar-refractivity contribution in [1.82, 2.24) is 9.78 Å². The summed E-state index contributed by atoms with van der Waals surface area (Å²) in [7, 11) is 0. The van der Waals surface area contributed by atoms with Crippen LogP contribution in [-0.4, -0.2) is 14.9 Å². The summed E-state index contributed by atoms with van der Waals surface area (Å²) in [5.74, 6) is 0. The third-order valence-electron chi connectivity index (χ3n) is 2.14. The van der Waals surface area contributed by atoms with Crippen LogP contribution in [0.1, 0.15) is 11.3 Å². The van der Waals surface area contributed by atoms with Crippen molar-refractivity contribution in [2.75, 3.05) is 0 Å². The maximum absolute atomic E-state index is 11.1. The van der Waals surface area contributed by atoms with Crippen LogP contribution in [0.25, 0.3) is 11.1 Å². The van der Waals surface area contributed by atoms with E-state index in [4.69, 9.17) is 9.52 Å². The fraction of sp³-hybridized carbons (Fsp3) is 0.333. The zero-order valence-corrected chi connectivity index (χ0v) is 7.94. The molecule has 0 unspecified atom stereocenters. The first-order chi connectivity index (χ1) is 6.63. The van der Waals surface area contributed by atoms with E-state index in [2.05, 4.69) is 5.10 Å². The molecule has 14 heavy (non-hydrogen) atoms. The van der Waals surface area contributed by atoms with Crippen LogP contribution in [0.2, 0.25) is 0 Å². The van der Waals surface area contributed by atoms with E-state index >= 15 is 0 Å². The zero-order chi connectivity index (χ0) is 10.3. The van der Waals surface area contributed by atoms with Gasteiger partial charge in [0.2, 0.25) is 5.71 Å². The van der Waals surface area contributed by atoms with E-state index in [1.54, 1.807) is 0 Å². The molecule has 0 saturated carbocycles. The fourth-order valence-electron chi connectivity index (χ4n) is 1.59. The lowest BCUT2D eigenvalue weighted by Crippen LogP contribution is -2.02. The van der Waals surface area contributed by atoms with Crippen LogP contribution in [0.15, 0.2) is 15.3 Å². The molecule has 5 heteroatoms. The van der Waals surface area contributed by atoms with Gasteiger partial charge in [-0.15, -0.1) is 0 Å². The number of aryl methyl sites for hydroxylation is 2. The van der Waals surface area contributed by atoms with Crippen LogP contribution in [0.4, 0.5) is 0 Å². The van der Waals surface area contributed by atoms with Gasteiger partial charge in [-0.1, -0.05) is 0 Å². The Labute approximate surface area is 79.6 Å². The van der Waals surface area contributed by atoms with Crippen molar-refractivity contribution in [1.29, 1.82) is 0 Å². The Morgan fingerprint density at radius 2 is 2.29 bits per heavy atom. The number of hydrogen-bond acceptors (Lipinski definition) is 4.